The van der Waals surface area contributed by atoms with E-state index in [9.17, 15) is 4.79 Å². The van der Waals surface area contributed by atoms with Crippen molar-refractivity contribution in [2.45, 2.75) is 46.0 Å². The van der Waals surface area contributed by atoms with Crippen LogP contribution in [0.5, 0.6) is 0 Å². The fourth-order valence-electron chi connectivity index (χ4n) is 1.26. The Morgan fingerprint density at radius 3 is 2.58 bits per heavy atom. The van der Waals surface area contributed by atoms with Gasteiger partial charge in [0.25, 0.3) is 0 Å². The summed E-state index contributed by atoms with van der Waals surface area (Å²) in [6.07, 6.45) is 5.18. The highest BCUT2D eigenvalue weighted by atomic mass is 16.2. The molecule has 0 saturated carbocycles. The first-order valence-corrected chi connectivity index (χ1v) is 4.74. The monoisotopic (exact) mass is 172 g/mol. The van der Waals surface area contributed by atoms with Crippen molar-refractivity contribution >= 4 is 5.91 Å². The van der Waals surface area contributed by atoms with Crippen molar-refractivity contribution in [1.29, 1.82) is 0 Å². The number of carbonyl (C=O) groups is 1. The largest absolute Gasteiger partial charge is 0.294 e. The quantitative estimate of drug-likeness (QED) is 0.363. The summed E-state index contributed by atoms with van der Waals surface area (Å²) in [6.45, 7) is 4.28. The molecule has 0 aromatic rings. The zero-order valence-electron chi connectivity index (χ0n) is 8.10. The van der Waals surface area contributed by atoms with Crippen LogP contribution in [0.15, 0.2) is 0 Å². The van der Waals surface area contributed by atoms with Gasteiger partial charge in [0.1, 0.15) is 0 Å². The highest BCUT2D eigenvalue weighted by Crippen LogP contribution is 2.15. The fraction of sp³-hybridized carbons (Fsp3) is 0.889. The van der Waals surface area contributed by atoms with Crippen LogP contribution in [0.1, 0.15) is 46.0 Å². The van der Waals surface area contributed by atoms with Crippen molar-refractivity contribution in [3.63, 3.8) is 0 Å². The second-order valence-electron chi connectivity index (χ2n) is 3.19. The molecule has 0 heterocycles. The maximum atomic E-state index is 10.9. The van der Waals surface area contributed by atoms with Gasteiger partial charge in [-0.3, -0.25) is 10.2 Å². The van der Waals surface area contributed by atoms with Crippen LogP contribution in [0.3, 0.4) is 0 Å². The number of rotatable bonds is 6. The van der Waals surface area contributed by atoms with E-state index in [1.807, 2.05) is 0 Å². The van der Waals surface area contributed by atoms with E-state index in [-0.39, 0.29) is 5.91 Å². The van der Waals surface area contributed by atoms with Crippen LogP contribution in [0.2, 0.25) is 0 Å². The van der Waals surface area contributed by atoms with E-state index in [2.05, 4.69) is 19.3 Å². The van der Waals surface area contributed by atoms with Crippen molar-refractivity contribution < 1.29 is 4.79 Å². The molecule has 0 aliphatic carbocycles. The average Bonchev–Trinajstić information content (AvgIpc) is 2.11. The lowest BCUT2D eigenvalue weighted by atomic mass is 9.96. The Morgan fingerprint density at radius 2 is 2.17 bits per heavy atom. The van der Waals surface area contributed by atoms with Gasteiger partial charge in [-0.05, 0) is 12.3 Å². The number of hydrogen-bond acceptors (Lipinski definition) is 2. The molecule has 3 N–H and O–H groups in total. The smallest absolute Gasteiger partial charge is 0.234 e. The van der Waals surface area contributed by atoms with Gasteiger partial charge in [-0.2, -0.15) is 0 Å². The molecule has 1 unspecified atom stereocenters. The number of amides is 1. The van der Waals surface area contributed by atoms with E-state index < -0.39 is 0 Å². The van der Waals surface area contributed by atoms with Crippen LogP contribution in [0.25, 0.3) is 0 Å². The zero-order valence-corrected chi connectivity index (χ0v) is 8.10. The SMILES string of the molecule is CCCCC(CC)CC(=O)NN. The summed E-state index contributed by atoms with van der Waals surface area (Å²) in [5, 5.41) is 0. The Hall–Kier alpha value is -0.570. The summed E-state index contributed by atoms with van der Waals surface area (Å²) in [7, 11) is 0. The molecule has 0 aliphatic rings. The molecule has 72 valence electrons. The number of hydrogen-bond donors (Lipinski definition) is 2. The molecule has 0 rings (SSSR count). The van der Waals surface area contributed by atoms with E-state index in [0.29, 0.717) is 12.3 Å². The molecule has 0 saturated heterocycles. The highest BCUT2D eigenvalue weighted by Gasteiger charge is 2.09. The topological polar surface area (TPSA) is 55.1 Å². The summed E-state index contributed by atoms with van der Waals surface area (Å²) >= 11 is 0. The molecule has 12 heavy (non-hydrogen) atoms. The van der Waals surface area contributed by atoms with Crippen LogP contribution in [0, 0.1) is 5.92 Å². The Kier molecular flexibility index (Phi) is 6.76. The molecule has 0 aliphatic heterocycles. The third-order valence-electron chi connectivity index (χ3n) is 2.18. The maximum absolute atomic E-state index is 10.9. The molecule has 1 amide bonds. The maximum Gasteiger partial charge on any atom is 0.234 e. The molecule has 3 heteroatoms. The summed E-state index contributed by atoms with van der Waals surface area (Å²) in [6, 6.07) is 0. The van der Waals surface area contributed by atoms with E-state index >= 15 is 0 Å². The van der Waals surface area contributed by atoms with Crippen molar-refractivity contribution in [2.75, 3.05) is 0 Å². The van der Waals surface area contributed by atoms with E-state index in [0.717, 1.165) is 12.8 Å². The normalized spacial score (nSPS) is 12.6. The predicted molar refractivity (Wildman–Crippen MR) is 50.3 cm³/mol. The standard InChI is InChI=1S/C9H20N2O/c1-3-5-6-8(4-2)7-9(12)11-10/h8H,3-7,10H2,1-2H3,(H,11,12). The predicted octanol–water partition coefficient (Wildman–Crippen LogP) is 1.58. The van der Waals surface area contributed by atoms with Gasteiger partial charge in [0.05, 0.1) is 0 Å². The first-order valence-electron chi connectivity index (χ1n) is 4.74. The zero-order chi connectivity index (χ0) is 9.40. The Balaban J connectivity index is 3.59. The van der Waals surface area contributed by atoms with Gasteiger partial charge in [0, 0.05) is 6.42 Å². The lowest BCUT2D eigenvalue weighted by Gasteiger charge is -2.12. The van der Waals surface area contributed by atoms with Crippen LogP contribution in [0.4, 0.5) is 0 Å². The van der Waals surface area contributed by atoms with E-state index in [4.69, 9.17) is 5.84 Å². The van der Waals surface area contributed by atoms with Gasteiger partial charge in [-0.25, -0.2) is 5.84 Å². The fourth-order valence-corrected chi connectivity index (χ4v) is 1.26. The Labute approximate surface area is 74.7 Å². The molecule has 0 bridgehead atoms. The van der Waals surface area contributed by atoms with E-state index in [1.54, 1.807) is 0 Å². The molecule has 0 spiro atoms. The second kappa shape index (κ2) is 7.10. The van der Waals surface area contributed by atoms with Gasteiger partial charge in [-0.1, -0.05) is 33.1 Å². The molecule has 3 nitrogen and oxygen atoms in total. The first kappa shape index (κ1) is 11.4. The number of nitrogens with two attached hydrogens (primary N) is 1. The molecule has 0 fully saturated rings. The van der Waals surface area contributed by atoms with Crippen LogP contribution in [-0.4, -0.2) is 5.91 Å². The number of hydrazine groups is 1. The summed E-state index contributed by atoms with van der Waals surface area (Å²) in [5.74, 6) is 5.47. The van der Waals surface area contributed by atoms with Crippen LogP contribution >= 0.6 is 0 Å². The van der Waals surface area contributed by atoms with Gasteiger partial charge in [-0.15, -0.1) is 0 Å². The summed E-state index contributed by atoms with van der Waals surface area (Å²) < 4.78 is 0. The lowest BCUT2D eigenvalue weighted by Crippen LogP contribution is -2.31. The number of nitrogens with one attached hydrogen (secondary N) is 1. The molecular weight excluding hydrogens is 152 g/mol. The second-order valence-corrected chi connectivity index (χ2v) is 3.19. The Morgan fingerprint density at radius 1 is 1.50 bits per heavy atom. The van der Waals surface area contributed by atoms with Crippen molar-refractivity contribution in [3.05, 3.63) is 0 Å². The third-order valence-corrected chi connectivity index (χ3v) is 2.18. The van der Waals surface area contributed by atoms with Gasteiger partial charge in [0.2, 0.25) is 5.91 Å². The van der Waals surface area contributed by atoms with Gasteiger partial charge >= 0.3 is 0 Å². The third kappa shape index (κ3) is 5.13. The Bertz CT molecular complexity index is 126. The minimum atomic E-state index is -0.0436. The van der Waals surface area contributed by atoms with Crippen molar-refractivity contribution in [1.82, 2.24) is 5.43 Å². The molecule has 0 radical (unpaired) electrons. The van der Waals surface area contributed by atoms with Gasteiger partial charge < -0.3 is 0 Å². The summed E-state index contributed by atoms with van der Waals surface area (Å²) in [5.41, 5.74) is 2.17. The number of carbonyl (C=O) groups excluding carboxylic acids is 1. The number of unbranched alkanes of at least 4 members (excludes halogenated alkanes) is 1. The van der Waals surface area contributed by atoms with Crippen LogP contribution in [-0.2, 0) is 4.79 Å². The summed E-state index contributed by atoms with van der Waals surface area (Å²) in [4.78, 5) is 10.9. The molecular formula is C9H20N2O. The molecule has 0 aromatic heterocycles. The first-order chi connectivity index (χ1) is 5.74. The van der Waals surface area contributed by atoms with E-state index in [1.165, 1.54) is 12.8 Å². The van der Waals surface area contributed by atoms with Crippen LogP contribution < -0.4 is 11.3 Å². The molecule has 0 aromatic carbocycles. The van der Waals surface area contributed by atoms with Crippen molar-refractivity contribution in [2.24, 2.45) is 11.8 Å². The van der Waals surface area contributed by atoms with Crippen molar-refractivity contribution in [3.8, 4) is 0 Å². The minimum absolute atomic E-state index is 0.0436. The minimum Gasteiger partial charge on any atom is -0.294 e. The average molecular weight is 172 g/mol. The lowest BCUT2D eigenvalue weighted by molar-refractivity contribution is -0.122. The molecule has 1 atom stereocenters. The highest BCUT2D eigenvalue weighted by molar-refractivity contribution is 5.75. The van der Waals surface area contributed by atoms with Gasteiger partial charge in [0.15, 0.2) is 0 Å².